The number of hydrogen-bond acceptors (Lipinski definition) is 5. The highest BCUT2D eigenvalue weighted by Gasteiger charge is 2.13. The van der Waals surface area contributed by atoms with E-state index in [1.54, 1.807) is 0 Å². The Bertz CT molecular complexity index is 623. The number of nitrogens with zero attached hydrogens (tertiary/aromatic N) is 1. The second kappa shape index (κ2) is 6.02. The number of sulfonamides is 1. The minimum absolute atomic E-state index is 0.000399. The number of amides is 1. The third-order valence-electron chi connectivity index (χ3n) is 2.80. The zero-order valence-electron chi connectivity index (χ0n) is 10.8. The Balaban J connectivity index is 2.06. The number of benzene rings is 1. The molecule has 20 heavy (non-hydrogen) atoms. The van der Waals surface area contributed by atoms with Gasteiger partial charge in [0.1, 0.15) is 0 Å². The molecule has 0 aliphatic carbocycles. The molecule has 0 bridgehead atoms. The fraction of sp³-hybridized carbons (Fsp3) is 0.333. The van der Waals surface area contributed by atoms with Crippen LogP contribution in [0.4, 0.5) is 5.69 Å². The second-order valence-corrected chi connectivity index (χ2v) is 5.95. The number of amidine groups is 1. The second-order valence-electron chi connectivity index (χ2n) is 4.39. The molecule has 0 fully saturated rings. The van der Waals surface area contributed by atoms with Crippen LogP contribution in [-0.2, 0) is 14.8 Å². The molecule has 1 aliphatic rings. The highest BCUT2D eigenvalue weighted by Crippen LogP contribution is 2.12. The van der Waals surface area contributed by atoms with E-state index in [4.69, 9.17) is 5.14 Å². The van der Waals surface area contributed by atoms with Crippen molar-refractivity contribution in [2.45, 2.75) is 17.7 Å². The van der Waals surface area contributed by atoms with E-state index < -0.39 is 10.0 Å². The Morgan fingerprint density at radius 3 is 2.60 bits per heavy atom. The van der Waals surface area contributed by atoms with E-state index in [1.807, 2.05) is 0 Å². The Hall–Kier alpha value is -1.93. The molecule has 7 nitrogen and oxygen atoms in total. The highest BCUT2D eigenvalue weighted by atomic mass is 32.2. The molecule has 1 aromatic carbocycles. The summed E-state index contributed by atoms with van der Waals surface area (Å²) in [6, 6.07) is 5.64. The number of primary sulfonamides is 1. The Morgan fingerprint density at radius 1 is 1.25 bits per heavy atom. The van der Waals surface area contributed by atoms with Crippen LogP contribution in [0.1, 0.15) is 12.8 Å². The molecule has 0 saturated carbocycles. The Morgan fingerprint density at radius 2 is 1.95 bits per heavy atom. The van der Waals surface area contributed by atoms with Gasteiger partial charge in [-0.2, -0.15) is 0 Å². The fourth-order valence-electron chi connectivity index (χ4n) is 1.76. The summed E-state index contributed by atoms with van der Waals surface area (Å²) in [4.78, 5) is 16.1. The zero-order valence-corrected chi connectivity index (χ0v) is 11.6. The molecular formula is C12H16N4O3S. The molecule has 8 heteroatoms. The molecule has 108 valence electrons. The summed E-state index contributed by atoms with van der Waals surface area (Å²) in [5, 5.41) is 10.6. The molecule has 0 saturated heterocycles. The number of carbonyl (C=O) groups is 1. The summed E-state index contributed by atoms with van der Waals surface area (Å²) in [5.41, 5.74) is 0.483. The van der Waals surface area contributed by atoms with Gasteiger partial charge in [-0.1, -0.05) is 0 Å². The van der Waals surface area contributed by atoms with Crippen molar-refractivity contribution < 1.29 is 13.2 Å². The molecule has 1 aromatic rings. The van der Waals surface area contributed by atoms with E-state index in [9.17, 15) is 13.2 Å². The summed E-state index contributed by atoms with van der Waals surface area (Å²) in [6.45, 7) is 1.34. The summed E-state index contributed by atoms with van der Waals surface area (Å²) in [6.07, 6.45) is 1.93. The first-order valence-corrected chi connectivity index (χ1v) is 7.74. The summed E-state index contributed by atoms with van der Waals surface area (Å²) in [5.74, 6) is -0.0340. The predicted octanol–water partition coefficient (Wildman–Crippen LogP) is 0.0544. The number of aliphatic imine (C=N–C) groups is 1. The molecule has 0 aromatic heterocycles. The zero-order chi connectivity index (χ0) is 14.6. The number of nitrogens with one attached hydrogen (secondary N) is 2. The van der Waals surface area contributed by atoms with Crippen LogP contribution < -0.4 is 15.8 Å². The SMILES string of the molecule is NS(=O)(=O)c1ccc(NC(=O)C2=NCCCCN2)cc1. The van der Waals surface area contributed by atoms with Crippen LogP contribution in [0, 0.1) is 0 Å². The topological polar surface area (TPSA) is 114 Å². The van der Waals surface area contributed by atoms with Crippen LogP contribution in [0.25, 0.3) is 0 Å². The maximum Gasteiger partial charge on any atom is 0.290 e. The maximum atomic E-state index is 12.0. The van der Waals surface area contributed by atoms with Crippen LogP contribution in [0.2, 0.25) is 0 Å². The average molecular weight is 296 g/mol. The first kappa shape index (κ1) is 14.5. The van der Waals surface area contributed by atoms with Gasteiger partial charge in [-0.3, -0.25) is 9.79 Å². The lowest BCUT2D eigenvalue weighted by Crippen LogP contribution is -2.35. The van der Waals surface area contributed by atoms with E-state index in [2.05, 4.69) is 15.6 Å². The van der Waals surface area contributed by atoms with Gasteiger partial charge in [-0.05, 0) is 37.1 Å². The number of carbonyl (C=O) groups excluding carboxylic acids is 1. The van der Waals surface area contributed by atoms with Crippen LogP contribution in [0.5, 0.6) is 0 Å². The third-order valence-corrected chi connectivity index (χ3v) is 3.73. The van der Waals surface area contributed by atoms with Crippen molar-refractivity contribution in [1.29, 1.82) is 0 Å². The van der Waals surface area contributed by atoms with Gasteiger partial charge in [0.2, 0.25) is 10.0 Å². The molecule has 1 aliphatic heterocycles. The van der Waals surface area contributed by atoms with E-state index in [0.29, 0.717) is 18.1 Å². The van der Waals surface area contributed by atoms with Crippen molar-refractivity contribution in [1.82, 2.24) is 5.32 Å². The number of anilines is 1. The Labute approximate surface area is 117 Å². The minimum Gasteiger partial charge on any atom is -0.366 e. The summed E-state index contributed by atoms with van der Waals surface area (Å²) >= 11 is 0. The normalized spacial score (nSPS) is 15.8. The minimum atomic E-state index is -3.72. The van der Waals surface area contributed by atoms with Gasteiger partial charge in [-0.15, -0.1) is 0 Å². The highest BCUT2D eigenvalue weighted by molar-refractivity contribution is 7.89. The molecular weight excluding hydrogens is 280 g/mol. The molecule has 0 unspecified atom stereocenters. The molecule has 0 atom stereocenters. The lowest BCUT2D eigenvalue weighted by Gasteiger charge is -2.08. The van der Waals surface area contributed by atoms with Crippen molar-refractivity contribution in [2.24, 2.45) is 10.1 Å². The third kappa shape index (κ3) is 3.78. The van der Waals surface area contributed by atoms with E-state index in [0.717, 1.165) is 19.4 Å². The van der Waals surface area contributed by atoms with Crippen molar-refractivity contribution >= 4 is 27.5 Å². The molecule has 2 rings (SSSR count). The van der Waals surface area contributed by atoms with Crippen LogP contribution in [0.15, 0.2) is 34.2 Å². The summed E-state index contributed by atoms with van der Waals surface area (Å²) < 4.78 is 22.2. The summed E-state index contributed by atoms with van der Waals surface area (Å²) in [7, 11) is -3.72. The quantitative estimate of drug-likeness (QED) is 0.731. The van der Waals surface area contributed by atoms with E-state index in [-0.39, 0.29) is 10.8 Å². The number of rotatable bonds is 3. The van der Waals surface area contributed by atoms with E-state index >= 15 is 0 Å². The van der Waals surface area contributed by atoms with Gasteiger partial charge in [0.05, 0.1) is 4.90 Å². The van der Waals surface area contributed by atoms with Gasteiger partial charge in [0.15, 0.2) is 5.84 Å². The van der Waals surface area contributed by atoms with Crippen LogP contribution in [-0.4, -0.2) is 33.3 Å². The van der Waals surface area contributed by atoms with Crippen LogP contribution >= 0.6 is 0 Å². The lowest BCUT2D eigenvalue weighted by atomic mass is 10.3. The fourth-order valence-corrected chi connectivity index (χ4v) is 2.28. The average Bonchev–Trinajstić information content (AvgIpc) is 2.67. The van der Waals surface area contributed by atoms with Crippen LogP contribution in [0.3, 0.4) is 0 Å². The standard InChI is InChI=1S/C12H16N4O3S/c13-20(18,19)10-5-3-9(4-6-10)16-12(17)11-14-7-1-2-8-15-11/h3-6H,1-2,7-8H2,(H,14,15)(H,16,17)(H2,13,18,19). The van der Waals surface area contributed by atoms with Gasteiger partial charge in [0, 0.05) is 18.8 Å². The van der Waals surface area contributed by atoms with E-state index in [1.165, 1.54) is 24.3 Å². The van der Waals surface area contributed by atoms with Gasteiger partial charge in [-0.25, -0.2) is 13.6 Å². The van der Waals surface area contributed by atoms with Gasteiger partial charge < -0.3 is 10.6 Å². The maximum absolute atomic E-state index is 12.0. The first-order valence-electron chi connectivity index (χ1n) is 6.19. The molecule has 0 spiro atoms. The first-order chi connectivity index (χ1) is 9.47. The predicted molar refractivity (Wildman–Crippen MR) is 76.0 cm³/mol. The number of nitrogens with two attached hydrogens (primary N) is 1. The monoisotopic (exact) mass is 296 g/mol. The molecule has 0 radical (unpaired) electrons. The smallest absolute Gasteiger partial charge is 0.290 e. The molecule has 4 N–H and O–H groups in total. The lowest BCUT2D eigenvalue weighted by molar-refractivity contribution is -0.110. The van der Waals surface area contributed by atoms with Crippen molar-refractivity contribution in [3.63, 3.8) is 0 Å². The van der Waals surface area contributed by atoms with Gasteiger partial charge >= 0.3 is 0 Å². The molecule has 1 heterocycles. The van der Waals surface area contributed by atoms with Crippen molar-refractivity contribution in [2.75, 3.05) is 18.4 Å². The number of hydrogen-bond donors (Lipinski definition) is 3. The largest absolute Gasteiger partial charge is 0.366 e. The van der Waals surface area contributed by atoms with Crippen molar-refractivity contribution in [3.8, 4) is 0 Å². The van der Waals surface area contributed by atoms with Crippen molar-refractivity contribution in [3.05, 3.63) is 24.3 Å². The Kier molecular flexibility index (Phi) is 4.35. The van der Waals surface area contributed by atoms with Gasteiger partial charge in [0.25, 0.3) is 5.91 Å². The molecule has 1 amide bonds.